The van der Waals surface area contributed by atoms with E-state index < -0.39 is 28.5 Å². The molecule has 2 amide bonds. The van der Waals surface area contributed by atoms with Gasteiger partial charge in [-0.3, -0.25) is 13.9 Å². The molecule has 0 fully saturated rings. The molecule has 4 aromatic carbocycles. The summed E-state index contributed by atoms with van der Waals surface area (Å²) in [5.41, 5.74) is 2.83. The fourth-order valence-electron chi connectivity index (χ4n) is 4.63. The number of nitrogens with one attached hydrogen (secondary N) is 1. The number of carbonyl (C=O) groups is 2. The molecule has 0 heterocycles. The average Bonchev–Trinajstić information content (AvgIpc) is 2.99. The number of nitrogens with zero attached hydrogens (tertiary/aromatic N) is 2. The fraction of sp³-hybridized carbons (Fsp3) is 0.212. The Morgan fingerprint density at radius 1 is 0.884 bits per heavy atom. The summed E-state index contributed by atoms with van der Waals surface area (Å²) in [7, 11) is -4.16. The number of rotatable bonds is 12. The number of amides is 2. The molecule has 4 rings (SSSR count). The third kappa shape index (κ3) is 8.46. The average molecular weight is 683 g/mol. The molecule has 0 spiro atoms. The molecule has 0 aromatic heterocycles. The Bertz CT molecular complexity index is 1650. The summed E-state index contributed by atoms with van der Waals surface area (Å²) in [5, 5.41) is 3.40. The number of carbonyl (C=O) groups excluding carboxylic acids is 2. The Kier molecular flexibility index (Phi) is 11.0. The van der Waals surface area contributed by atoms with Gasteiger partial charge in [0.05, 0.1) is 10.6 Å². The van der Waals surface area contributed by atoms with E-state index in [0.29, 0.717) is 21.7 Å². The SMILES string of the molecule is CCNC(=O)[C@@H](Cc1ccccc1)N(Cc1ccc(Cl)cc1)C(=O)CN(c1cccc(Br)c1)S(=O)(=O)c1ccc(C)cc1. The van der Waals surface area contributed by atoms with Crippen molar-refractivity contribution in [2.45, 2.75) is 37.8 Å². The summed E-state index contributed by atoms with van der Waals surface area (Å²) in [4.78, 5) is 29.4. The van der Waals surface area contributed by atoms with Crippen molar-refractivity contribution in [3.05, 3.63) is 129 Å². The maximum absolute atomic E-state index is 14.4. The molecule has 0 aliphatic heterocycles. The predicted molar refractivity (Wildman–Crippen MR) is 174 cm³/mol. The van der Waals surface area contributed by atoms with Crippen molar-refractivity contribution in [3.8, 4) is 0 Å². The first-order chi connectivity index (χ1) is 20.6. The van der Waals surface area contributed by atoms with Gasteiger partial charge in [-0.2, -0.15) is 0 Å². The molecule has 0 radical (unpaired) electrons. The second-order valence-electron chi connectivity index (χ2n) is 10.1. The highest BCUT2D eigenvalue weighted by Crippen LogP contribution is 2.27. The van der Waals surface area contributed by atoms with Gasteiger partial charge in [-0.1, -0.05) is 93.8 Å². The van der Waals surface area contributed by atoms with Crippen LogP contribution in [0.3, 0.4) is 0 Å². The maximum Gasteiger partial charge on any atom is 0.264 e. The number of halogens is 2. The Morgan fingerprint density at radius 3 is 2.19 bits per heavy atom. The van der Waals surface area contributed by atoms with Crippen LogP contribution in [0.5, 0.6) is 0 Å². The zero-order chi connectivity index (χ0) is 31.0. The van der Waals surface area contributed by atoms with Crippen LogP contribution >= 0.6 is 27.5 Å². The van der Waals surface area contributed by atoms with Crippen LogP contribution in [0, 0.1) is 6.92 Å². The summed E-state index contributed by atoms with van der Waals surface area (Å²) in [5.74, 6) is -0.859. The normalized spacial score (nSPS) is 11.9. The highest BCUT2D eigenvalue weighted by atomic mass is 79.9. The Hall–Kier alpha value is -3.66. The molecule has 7 nitrogen and oxygen atoms in total. The first-order valence-electron chi connectivity index (χ1n) is 13.8. The summed E-state index contributed by atoms with van der Waals surface area (Å²) in [6.45, 7) is 3.60. The number of sulfonamides is 1. The molecule has 0 unspecified atom stereocenters. The van der Waals surface area contributed by atoms with Crippen LogP contribution in [0.1, 0.15) is 23.6 Å². The van der Waals surface area contributed by atoms with Gasteiger partial charge in [0.2, 0.25) is 11.8 Å². The summed E-state index contributed by atoms with van der Waals surface area (Å²) in [6, 6.07) is 28.8. The molecule has 4 aromatic rings. The molecule has 1 N–H and O–H groups in total. The molecule has 224 valence electrons. The summed E-state index contributed by atoms with van der Waals surface area (Å²) < 4.78 is 29.9. The quantitative estimate of drug-likeness (QED) is 0.188. The molecular weight excluding hydrogens is 650 g/mol. The summed E-state index contributed by atoms with van der Waals surface area (Å²) in [6.07, 6.45) is 0.244. The molecule has 0 saturated heterocycles. The first-order valence-corrected chi connectivity index (χ1v) is 16.4. The number of benzene rings is 4. The number of likely N-dealkylation sites (N-methyl/N-ethyl adjacent to an activating group) is 1. The van der Waals surface area contributed by atoms with E-state index in [1.165, 1.54) is 17.0 Å². The second kappa shape index (κ2) is 14.7. The van der Waals surface area contributed by atoms with Crippen molar-refractivity contribution in [1.82, 2.24) is 10.2 Å². The number of hydrogen-bond acceptors (Lipinski definition) is 4. The Balaban J connectivity index is 1.79. The van der Waals surface area contributed by atoms with Crippen LogP contribution < -0.4 is 9.62 Å². The molecule has 0 saturated carbocycles. The molecule has 0 bridgehead atoms. The molecule has 10 heteroatoms. The number of hydrogen-bond donors (Lipinski definition) is 1. The first kappa shape index (κ1) is 32.3. The lowest BCUT2D eigenvalue weighted by molar-refractivity contribution is -0.140. The van der Waals surface area contributed by atoms with Crippen LogP contribution in [0.2, 0.25) is 5.02 Å². The zero-order valence-electron chi connectivity index (χ0n) is 23.9. The van der Waals surface area contributed by atoms with Crippen molar-refractivity contribution >= 4 is 55.1 Å². The third-order valence-electron chi connectivity index (χ3n) is 6.87. The largest absolute Gasteiger partial charge is 0.355 e. The van der Waals surface area contributed by atoms with Crippen molar-refractivity contribution in [2.24, 2.45) is 0 Å². The molecular formula is C33H33BrClN3O4S. The highest BCUT2D eigenvalue weighted by molar-refractivity contribution is 9.10. The number of anilines is 1. The van der Waals surface area contributed by atoms with Crippen molar-refractivity contribution in [2.75, 3.05) is 17.4 Å². The van der Waals surface area contributed by atoms with Gasteiger partial charge in [0, 0.05) is 29.0 Å². The van der Waals surface area contributed by atoms with Crippen molar-refractivity contribution < 1.29 is 18.0 Å². The van der Waals surface area contributed by atoms with Crippen molar-refractivity contribution in [3.63, 3.8) is 0 Å². The number of aryl methyl sites for hydroxylation is 1. The maximum atomic E-state index is 14.4. The van der Waals surface area contributed by atoms with E-state index in [2.05, 4.69) is 21.2 Å². The van der Waals surface area contributed by atoms with Crippen molar-refractivity contribution in [1.29, 1.82) is 0 Å². The van der Waals surface area contributed by atoms with Gasteiger partial charge in [-0.05, 0) is 67.4 Å². The molecule has 1 atom stereocenters. The van der Waals surface area contributed by atoms with E-state index in [0.717, 1.165) is 21.0 Å². The fourth-order valence-corrected chi connectivity index (χ4v) is 6.55. The lowest BCUT2D eigenvalue weighted by Crippen LogP contribution is -2.53. The minimum absolute atomic E-state index is 0.0553. The van der Waals surface area contributed by atoms with E-state index in [1.807, 2.05) is 44.2 Å². The predicted octanol–water partition coefficient (Wildman–Crippen LogP) is 6.38. The van der Waals surface area contributed by atoms with Gasteiger partial charge >= 0.3 is 0 Å². The molecule has 0 aliphatic carbocycles. The molecule has 0 aliphatic rings. The topological polar surface area (TPSA) is 86.8 Å². The highest BCUT2D eigenvalue weighted by Gasteiger charge is 2.34. The summed E-state index contributed by atoms with van der Waals surface area (Å²) >= 11 is 9.54. The van der Waals surface area contributed by atoms with Gasteiger partial charge in [0.15, 0.2) is 0 Å². The minimum Gasteiger partial charge on any atom is -0.355 e. The van der Waals surface area contributed by atoms with E-state index in [4.69, 9.17) is 11.6 Å². The third-order valence-corrected chi connectivity index (χ3v) is 9.41. The van der Waals surface area contributed by atoms with Crippen LogP contribution in [0.25, 0.3) is 0 Å². The van der Waals surface area contributed by atoms with Gasteiger partial charge in [0.1, 0.15) is 12.6 Å². The van der Waals surface area contributed by atoms with Crippen LogP contribution in [-0.2, 0) is 32.6 Å². The van der Waals surface area contributed by atoms with Gasteiger partial charge in [0.25, 0.3) is 10.0 Å². The van der Waals surface area contributed by atoms with E-state index in [-0.39, 0.29) is 23.8 Å². The van der Waals surface area contributed by atoms with E-state index in [9.17, 15) is 18.0 Å². The lowest BCUT2D eigenvalue weighted by Gasteiger charge is -2.34. The lowest BCUT2D eigenvalue weighted by atomic mass is 10.0. The van der Waals surface area contributed by atoms with Crippen LogP contribution in [0.4, 0.5) is 5.69 Å². The van der Waals surface area contributed by atoms with Gasteiger partial charge < -0.3 is 10.2 Å². The van der Waals surface area contributed by atoms with Crippen LogP contribution in [-0.4, -0.2) is 44.3 Å². The van der Waals surface area contributed by atoms with Crippen LogP contribution in [0.15, 0.2) is 112 Å². The van der Waals surface area contributed by atoms with Gasteiger partial charge in [-0.15, -0.1) is 0 Å². The minimum atomic E-state index is -4.16. The van der Waals surface area contributed by atoms with E-state index >= 15 is 0 Å². The Morgan fingerprint density at radius 2 is 1.56 bits per heavy atom. The Labute approximate surface area is 266 Å². The van der Waals surface area contributed by atoms with Gasteiger partial charge in [-0.25, -0.2) is 8.42 Å². The molecule has 43 heavy (non-hydrogen) atoms. The van der Waals surface area contributed by atoms with E-state index in [1.54, 1.807) is 60.7 Å². The smallest absolute Gasteiger partial charge is 0.264 e. The zero-order valence-corrected chi connectivity index (χ0v) is 27.1. The monoisotopic (exact) mass is 681 g/mol. The second-order valence-corrected chi connectivity index (χ2v) is 13.3. The standard InChI is InChI=1S/C33H33BrClN3O4S/c1-3-36-33(40)31(20-25-8-5-4-6-9-25)37(22-26-14-16-28(35)17-15-26)32(39)23-38(29-11-7-10-27(34)21-29)43(41,42)30-18-12-24(2)13-19-30/h4-19,21,31H,3,20,22-23H2,1-2H3,(H,36,40)/t31-/m1/s1.